The second kappa shape index (κ2) is 11.9. The number of benzene rings is 2. The molecule has 9 heteroatoms. The van der Waals surface area contributed by atoms with Gasteiger partial charge in [-0.25, -0.2) is 5.48 Å². The number of amides is 3. The third-order valence-corrected chi connectivity index (χ3v) is 5.21. The van der Waals surface area contributed by atoms with Crippen molar-refractivity contribution in [2.75, 3.05) is 14.2 Å². The molecule has 0 aliphatic heterocycles. The fraction of sp³-hybridized carbons (Fsp3) is 0.435. The minimum absolute atomic E-state index is 0. The minimum Gasteiger partial charge on any atom is -0.357 e. The van der Waals surface area contributed by atoms with Crippen LogP contribution < -0.4 is 21.8 Å². The van der Waals surface area contributed by atoms with Crippen molar-refractivity contribution in [1.29, 1.82) is 0 Å². The largest absolute Gasteiger partial charge is 0.357 e. The van der Waals surface area contributed by atoms with E-state index >= 15 is 0 Å². The van der Waals surface area contributed by atoms with Crippen LogP contribution in [0.3, 0.4) is 0 Å². The maximum atomic E-state index is 13.2. The van der Waals surface area contributed by atoms with Gasteiger partial charge in [0.15, 0.2) is 0 Å². The van der Waals surface area contributed by atoms with Crippen LogP contribution in [0.4, 0.5) is 0 Å². The van der Waals surface area contributed by atoms with Crippen LogP contribution in [0.1, 0.15) is 26.3 Å². The molecule has 2 rings (SSSR count). The number of nitrogens with one attached hydrogen (secondary N) is 3. The van der Waals surface area contributed by atoms with Gasteiger partial charge in [0.25, 0.3) is 5.91 Å². The van der Waals surface area contributed by atoms with Gasteiger partial charge in [0, 0.05) is 7.05 Å². The highest BCUT2D eigenvalue weighted by Crippen LogP contribution is 2.22. The van der Waals surface area contributed by atoms with Gasteiger partial charge in [-0.3, -0.25) is 19.2 Å². The van der Waals surface area contributed by atoms with Crippen molar-refractivity contribution in [2.24, 2.45) is 17.1 Å². The Hall–Kier alpha value is -2.54. The van der Waals surface area contributed by atoms with Crippen LogP contribution in [0.25, 0.3) is 10.8 Å². The molecule has 5 N–H and O–H groups in total. The van der Waals surface area contributed by atoms with Crippen LogP contribution in [0.15, 0.2) is 42.5 Å². The zero-order chi connectivity index (χ0) is 23.2. The van der Waals surface area contributed by atoms with E-state index in [4.69, 9.17) is 5.73 Å². The van der Waals surface area contributed by atoms with Gasteiger partial charge in [0.1, 0.15) is 6.04 Å². The number of hydrogen-bond acceptors (Lipinski definition) is 5. The van der Waals surface area contributed by atoms with Gasteiger partial charge in [-0.05, 0) is 28.2 Å². The molecule has 176 valence electrons. The lowest BCUT2D eigenvalue weighted by Crippen LogP contribution is -2.58. The molecule has 0 saturated heterocycles. The van der Waals surface area contributed by atoms with E-state index in [-0.39, 0.29) is 22.2 Å². The smallest absolute Gasteiger partial charge is 0.261 e. The zero-order valence-electron chi connectivity index (χ0n) is 19.4. The van der Waals surface area contributed by atoms with Crippen LogP contribution in [0, 0.1) is 11.3 Å². The molecule has 1 unspecified atom stereocenters. The summed E-state index contributed by atoms with van der Waals surface area (Å²) < 4.78 is 0. The summed E-state index contributed by atoms with van der Waals surface area (Å²) in [4.78, 5) is 42.6. The van der Waals surface area contributed by atoms with Crippen LogP contribution in [-0.2, 0) is 25.6 Å². The second-order valence-electron chi connectivity index (χ2n) is 8.61. The predicted octanol–water partition coefficient (Wildman–Crippen LogP) is 1.34. The number of carbonyl (C=O) groups is 3. The van der Waals surface area contributed by atoms with E-state index in [0.29, 0.717) is 0 Å². The molecule has 0 spiro atoms. The Labute approximate surface area is 192 Å². The van der Waals surface area contributed by atoms with Gasteiger partial charge < -0.3 is 16.4 Å². The van der Waals surface area contributed by atoms with E-state index in [2.05, 4.69) is 21.0 Å². The molecule has 2 aromatic carbocycles. The second-order valence-corrected chi connectivity index (χ2v) is 8.61. The first-order chi connectivity index (χ1) is 14.6. The zero-order valence-corrected chi connectivity index (χ0v) is 20.8. The molecule has 0 radical (unpaired) electrons. The number of carbonyl (C=O) groups excluding carboxylic acids is 3. The number of rotatable bonds is 8. The molecule has 4 atom stereocenters. The van der Waals surface area contributed by atoms with E-state index in [1.807, 2.05) is 63.2 Å². The maximum Gasteiger partial charge on any atom is 0.261 e. The molecule has 0 bridgehead atoms. The average molecular weight is 463 g/mol. The molecule has 0 heterocycles. The van der Waals surface area contributed by atoms with Gasteiger partial charge in [0.2, 0.25) is 11.8 Å². The fourth-order valence-electron chi connectivity index (χ4n) is 3.42. The molecule has 2 aromatic rings. The summed E-state index contributed by atoms with van der Waals surface area (Å²) in [6.07, 6.45) is 0.222. The summed E-state index contributed by atoms with van der Waals surface area (Å²) >= 11 is 0. The summed E-state index contributed by atoms with van der Waals surface area (Å²) in [7, 11) is 2.81. The first-order valence-corrected chi connectivity index (χ1v) is 10.2. The number of likely N-dealkylation sites (N-methyl/N-ethyl adjacent to an activating group) is 1. The van der Waals surface area contributed by atoms with Crippen LogP contribution in [-0.4, -0.2) is 44.0 Å². The van der Waals surface area contributed by atoms with Crippen LogP contribution in [0.5, 0.6) is 0 Å². The van der Waals surface area contributed by atoms with E-state index in [1.165, 1.54) is 14.2 Å². The van der Waals surface area contributed by atoms with Crippen molar-refractivity contribution in [3.63, 3.8) is 0 Å². The monoisotopic (exact) mass is 462 g/mol. The van der Waals surface area contributed by atoms with Crippen molar-refractivity contribution in [1.82, 2.24) is 16.1 Å². The first kappa shape index (κ1) is 27.5. The molecular weight excluding hydrogens is 427 g/mol. The van der Waals surface area contributed by atoms with E-state index in [9.17, 15) is 14.4 Å². The fourth-order valence-corrected chi connectivity index (χ4v) is 3.42. The summed E-state index contributed by atoms with van der Waals surface area (Å²) in [5.74, 6) is -2.32. The van der Waals surface area contributed by atoms with Crippen molar-refractivity contribution >= 4 is 38.4 Å². The molecule has 8 nitrogen and oxygen atoms in total. The van der Waals surface area contributed by atoms with Crippen molar-refractivity contribution in [3.05, 3.63) is 48.0 Å². The number of hydrogen-bond donors (Lipinski definition) is 4. The lowest BCUT2D eigenvalue weighted by atomic mass is 9.84. The lowest BCUT2D eigenvalue weighted by Gasteiger charge is -2.32. The highest BCUT2D eigenvalue weighted by molar-refractivity contribution is 6.92. The number of hydroxylamine groups is 1. The SMILES string of the molecule is CNC(=O)[C@@H](NC(=O)[C@H](Cc1ccc2ccccc2c1)[C@H](N)C(=O)NOC)C(C)(C)C.P. The standard InChI is InChI=1S/C23H32N4O4.H3P/c1-23(2,3)19(22(30)25-4)26-20(28)17(18(24)21(29)27-31-5)13-14-10-11-15-8-6-7-9-16(15)12-14;/h6-12,17-19H,13,24H2,1-5H3,(H,25,30)(H,26,28)(H,27,29);1H3/t17-,18+,19-;/m1./s1. The third-order valence-electron chi connectivity index (χ3n) is 5.21. The number of fused-ring (bicyclic) bond motifs is 1. The van der Waals surface area contributed by atoms with E-state index < -0.39 is 35.2 Å². The Morgan fingerprint density at radius 3 is 2.19 bits per heavy atom. The topological polar surface area (TPSA) is 123 Å². The van der Waals surface area contributed by atoms with Crippen LogP contribution >= 0.6 is 9.90 Å². The Morgan fingerprint density at radius 1 is 1.00 bits per heavy atom. The molecule has 0 fully saturated rings. The molecule has 0 aliphatic carbocycles. The van der Waals surface area contributed by atoms with Crippen molar-refractivity contribution in [2.45, 2.75) is 39.3 Å². The Bertz CT molecular complexity index is 945. The van der Waals surface area contributed by atoms with E-state index in [1.54, 1.807) is 0 Å². The lowest BCUT2D eigenvalue weighted by molar-refractivity contribution is -0.139. The van der Waals surface area contributed by atoms with Gasteiger partial charge >= 0.3 is 0 Å². The number of nitrogens with two attached hydrogens (primary N) is 1. The maximum absolute atomic E-state index is 13.2. The summed E-state index contributed by atoms with van der Waals surface area (Å²) in [6.45, 7) is 5.55. The highest BCUT2D eigenvalue weighted by Gasteiger charge is 2.37. The van der Waals surface area contributed by atoms with Gasteiger partial charge in [-0.15, -0.1) is 0 Å². The van der Waals surface area contributed by atoms with Gasteiger partial charge in [0.05, 0.1) is 19.1 Å². The summed E-state index contributed by atoms with van der Waals surface area (Å²) in [6, 6.07) is 11.7. The highest BCUT2D eigenvalue weighted by atomic mass is 31.0. The van der Waals surface area contributed by atoms with Crippen molar-refractivity contribution < 1.29 is 19.2 Å². The summed E-state index contributed by atoms with van der Waals surface area (Å²) in [5.41, 5.74) is 8.65. The first-order valence-electron chi connectivity index (χ1n) is 10.2. The van der Waals surface area contributed by atoms with Gasteiger partial charge in [-0.1, -0.05) is 63.2 Å². The van der Waals surface area contributed by atoms with Gasteiger partial charge in [-0.2, -0.15) is 9.90 Å². The van der Waals surface area contributed by atoms with E-state index in [0.717, 1.165) is 16.3 Å². The molecule has 0 aliphatic rings. The minimum atomic E-state index is -1.17. The van der Waals surface area contributed by atoms with Crippen LogP contribution in [0.2, 0.25) is 0 Å². The average Bonchev–Trinajstić information content (AvgIpc) is 2.73. The third kappa shape index (κ3) is 6.99. The Morgan fingerprint density at radius 2 is 1.62 bits per heavy atom. The van der Waals surface area contributed by atoms with Crippen molar-refractivity contribution in [3.8, 4) is 0 Å². The predicted molar refractivity (Wildman–Crippen MR) is 131 cm³/mol. The Kier molecular flexibility index (Phi) is 10.2. The Balaban J connectivity index is 0.00000512. The molecule has 3 amide bonds. The quantitative estimate of drug-likeness (QED) is 0.348. The molecule has 32 heavy (non-hydrogen) atoms. The molecule has 0 saturated carbocycles. The molecule has 0 aromatic heterocycles. The summed E-state index contributed by atoms with van der Waals surface area (Å²) in [5, 5.41) is 7.46. The molecular formula is C23H35N4O4P. The normalized spacial score (nSPS) is 13.9.